The third-order valence-electron chi connectivity index (χ3n) is 14.0. The number of cyclic esters (lactones) is 1. The van der Waals surface area contributed by atoms with E-state index in [2.05, 4.69) is 44.1 Å². The van der Waals surface area contributed by atoms with Crippen LogP contribution in [0, 0.1) is 0 Å². The van der Waals surface area contributed by atoms with Gasteiger partial charge in [0.05, 0.1) is 43.6 Å². The molecule has 1 fully saturated rings. The molecule has 1 heterocycles. The van der Waals surface area contributed by atoms with Gasteiger partial charge < -0.3 is 105 Å². The minimum absolute atomic E-state index is 0.000748. The van der Waals surface area contributed by atoms with Gasteiger partial charge in [-0.2, -0.15) is 0 Å². The molecule has 32 nitrogen and oxygen atoms in total. The summed E-state index contributed by atoms with van der Waals surface area (Å²) in [6, 6.07) is -8.87. The first-order chi connectivity index (χ1) is 42.7. The molecule has 0 bridgehead atoms. The fourth-order valence-electron chi connectivity index (χ4n) is 8.91. The van der Waals surface area contributed by atoms with Crippen molar-refractivity contribution in [3.05, 3.63) is 41.6 Å². The number of aliphatic carboxylic acids is 2. The van der Waals surface area contributed by atoms with Gasteiger partial charge in [-0.1, -0.05) is 63.7 Å². The summed E-state index contributed by atoms with van der Waals surface area (Å²) in [6.07, 6.45) is -1.69. The van der Waals surface area contributed by atoms with Crippen LogP contribution in [0.15, 0.2) is 36.0 Å². The predicted molar refractivity (Wildman–Crippen MR) is 322 cm³/mol. The van der Waals surface area contributed by atoms with E-state index in [1.54, 1.807) is 24.3 Å². The van der Waals surface area contributed by atoms with Crippen LogP contribution in [-0.2, 0) is 68.7 Å². The molecule has 0 saturated carbocycles. The first kappa shape index (κ1) is 78.5. The number of rotatable bonds is 30. The lowest BCUT2D eigenvalue weighted by atomic mass is 10.0. The molecule has 1 aromatic rings. The largest absolute Gasteiger partial charge is 0.494 e. The van der Waals surface area contributed by atoms with E-state index < -0.39 is 181 Å². The Kier molecular flexibility index (Phi) is 37.0. The van der Waals surface area contributed by atoms with E-state index in [4.69, 9.17) is 38.3 Å². The van der Waals surface area contributed by atoms with Crippen LogP contribution in [0.3, 0.4) is 0 Å². The number of benzene rings is 1. The van der Waals surface area contributed by atoms with Crippen molar-refractivity contribution in [3.8, 4) is 5.75 Å². The molecule has 1 aromatic carbocycles. The molecular weight excluding hydrogens is 1210 g/mol. The minimum Gasteiger partial charge on any atom is -0.494 e. The lowest BCUT2D eigenvalue weighted by molar-refractivity contribution is -0.155. The maximum atomic E-state index is 14.3. The highest BCUT2D eigenvalue weighted by Crippen LogP contribution is 2.18. The molecule has 9 amide bonds. The Morgan fingerprint density at radius 1 is 0.689 bits per heavy atom. The Labute approximate surface area is 526 Å². The number of unbranched alkanes of at least 4 members (excludes halogenated alkanes) is 7. The fraction of sp³-hybridized carbons (Fsp3) is 0.649. The van der Waals surface area contributed by atoms with Gasteiger partial charge in [0.2, 0.25) is 47.3 Å². The number of nitrogens with two attached hydrogens (primary N) is 3. The van der Waals surface area contributed by atoms with Crippen molar-refractivity contribution in [1.82, 2.24) is 47.9 Å². The van der Waals surface area contributed by atoms with E-state index in [1.807, 2.05) is 10.6 Å². The van der Waals surface area contributed by atoms with Crippen LogP contribution in [0.1, 0.15) is 123 Å². The zero-order valence-electron chi connectivity index (χ0n) is 50.9. The number of aliphatic hydroxyl groups is 4. The fourth-order valence-corrected chi connectivity index (χ4v) is 9.09. The summed E-state index contributed by atoms with van der Waals surface area (Å²) in [7, 11) is 0. The Hall–Kier alpha value is -7.59. The van der Waals surface area contributed by atoms with Crippen molar-refractivity contribution in [2.75, 3.05) is 38.7 Å². The number of hydrogen-bond acceptors (Lipinski definition) is 21. The second-order valence-electron chi connectivity index (χ2n) is 21.4. The summed E-state index contributed by atoms with van der Waals surface area (Å²) in [5.74, 6) is -17.4. The number of amides is 9. The monoisotopic (exact) mass is 1300 g/mol. The minimum atomic E-state index is -2.85. The van der Waals surface area contributed by atoms with Crippen LogP contribution in [0.2, 0.25) is 0 Å². The van der Waals surface area contributed by atoms with E-state index in [-0.39, 0.29) is 58.2 Å². The smallest absolute Gasteiger partial charge is 0.335 e. The van der Waals surface area contributed by atoms with Gasteiger partial charge in [-0.25, -0.2) is 9.59 Å². The van der Waals surface area contributed by atoms with Crippen LogP contribution >= 0.6 is 11.6 Å². The summed E-state index contributed by atoms with van der Waals surface area (Å²) in [4.78, 5) is 163. The second kappa shape index (κ2) is 42.4. The highest BCUT2D eigenvalue weighted by atomic mass is 35.5. The Balaban J connectivity index is 2.72. The molecule has 1 aliphatic rings. The summed E-state index contributed by atoms with van der Waals surface area (Å²) in [5, 5.41) is 82.7. The van der Waals surface area contributed by atoms with Crippen molar-refractivity contribution in [1.29, 1.82) is 0 Å². The van der Waals surface area contributed by atoms with Gasteiger partial charge in [0.1, 0.15) is 60.3 Å². The summed E-state index contributed by atoms with van der Waals surface area (Å²) >= 11 is 5.88. The number of hydrogen-bond donors (Lipinski definition) is 18. The lowest BCUT2D eigenvalue weighted by Gasteiger charge is -2.28. The Morgan fingerprint density at radius 3 is 1.82 bits per heavy atom. The predicted octanol–water partition coefficient (Wildman–Crippen LogP) is -4.32. The average molecular weight is 1300 g/mol. The van der Waals surface area contributed by atoms with E-state index in [0.29, 0.717) is 12.4 Å². The number of carbonyl (C=O) groups excluding carboxylic acids is 10. The van der Waals surface area contributed by atoms with Crippen molar-refractivity contribution in [2.45, 2.75) is 196 Å². The number of aliphatic hydroxyl groups excluding tert-OH is 4. The maximum absolute atomic E-state index is 14.3. The van der Waals surface area contributed by atoms with Crippen LogP contribution in [0.5, 0.6) is 5.75 Å². The molecular formula is C57H91ClN12O20. The standard InChI is InChI=1S/C57H91ClN12O20/c1-4-6-7-8-9-10-13-25-89-34-16-14-15-32(26-34)18-19-33(72)27-42(74)62-40-30-90-57(88)45(41(73)29-58)69-55(85)46(47(77)56(86)87)70-48(78)35(5-2)63-54(84)44(31(3)71)68-51(81)38(21-24-61)65-49(79)36(17-11-12-22-59)64-52(82)39(28-43(75)76)67-50(80)37(20-23-60)66-53(40)83/h5,14-16,26,31,33,36-41,44-47,71-73,77H,4,6-13,17-25,27-30,59-61H2,1-3H3,(H,62,74)(H,63,84)(H,64,82)(H,65,79)(H,66,83)(H,67,80)(H,68,81)(H,69,85)(H,70,78)(H,75,76)(H,86,87)/b35-5-/t31-,33?,36-,37-,38-,39-,40+,41-,44+,45-,46+,47+/m1/s1. The van der Waals surface area contributed by atoms with Crippen molar-refractivity contribution >= 4 is 82.7 Å². The Morgan fingerprint density at radius 2 is 1.26 bits per heavy atom. The number of carbonyl (C=O) groups is 12. The molecule has 1 unspecified atom stereocenters. The number of alkyl halides is 1. The third-order valence-corrected chi connectivity index (χ3v) is 14.3. The number of carboxylic acid groups (broad SMARTS) is 2. The van der Waals surface area contributed by atoms with Crippen molar-refractivity contribution < 1.29 is 97.6 Å². The highest BCUT2D eigenvalue weighted by Gasteiger charge is 2.41. The molecule has 0 radical (unpaired) electrons. The van der Waals surface area contributed by atoms with Crippen LogP contribution < -0.4 is 69.8 Å². The summed E-state index contributed by atoms with van der Waals surface area (Å²) in [5.41, 5.74) is 17.2. The zero-order valence-corrected chi connectivity index (χ0v) is 51.6. The average Bonchev–Trinajstić information content (AvgIpc) is 1.39. The number of ether oxygens (including phenoxy) is 2. The molecule has 2 rings (SSSR count). The number of allylic oxidation sites excluding steroid dienone is 1. The van der Waals surface area contributed by atoms with E-state index >= 15 is 0 Å². The van der Waals surface area contributed by atoms with Gasteiger partial charge >= 0.3 is 17.9 Å². The normalized spacial score (nSPS) is 23.5. The van der Waals surface area contributed by atoms with Crippen LogP contribution in [0.4, 0.5) is 0 Å². The molecule has 12 atom stereocenters. The van der Waals surface area contributed by atoms with E-state index in [9.17, 15) is 88.2 Å². The molecule has 0 aliphatic carbocycles. The van der Waals surface area contributed by atoms with E-state index in [1.165, 1.54) is 19.8 Å². The van der Waals surface area contributed by atoms with Gasteiger partial charge in [-0.15, -0.1) is 11.6 Å². The molecule has 90 heavy (non-hydrogen) atoms. The number of aryl methyl sites for hydroxylation is 1. The molecule has 33 heteroatoms. The highest BCUT2D eigenvalue weighted by molar-refractivity contribution is 6.18. The maximum Gasteiger partial charge on any atom is 0.335 e. The van der Waals surface area contributed by atoms with Gasteiger partial charge in [0.25, 0.3) is 5.91 Å². The van der Waals surface area contributed by atoms with E-state index in [0.717, 1.165) is 50.7 Å². The zero-order chi connectivity index (χ0) is 67.5. The topological polar surface area (TPSA) is 531 Å². The lowest BCUT2D eigenvalue weighted by Crippen LogP contribution is -2.62. The molecule has 0 aromatic heterocycles. The number of carboxylic acids is 2. The number of halogens is 1. The van der Waals surface area contributed by atoms with Gasteiger partial charge in [0, 0.05) is 0 Å². The van der Waals surface area contributed by atoms with Crippen molar-refractivity contribution in [2.24, 2.45) is 17.2 Å². The first-order valence-electron chi connectivity index (χ1n) is 29.9. The van der Waals surface area contributed by atoms with Crippen LogP contribution in [-0.4, -0.2) is 213 Å². The van der Waals surface area contributed by atoms with Crippen molar-refractivity contribution in [3.63, 3.8) is 0 Å². The molecule has 0 spiro atoms. The van der Waals surface area contributed by atoms with Gasteiger partial charge in [-0.3, -0.25) is 47.9 Å². The quantitative estimate of drug-likeness (QED) is 0.0150. The first-order valence-corrected chi connectivity index (χ1v) is 30.4. The second-order valence-corrected chi connectivity index (χ2v) is 21.7. The van der Waals surface area contributed by atoms with Gasteiger partial charge in [0.15, 0.2) is 12.1 Å². The SMILES string of the molecule is C/C=C1\NC(=O)[C@H]([C@@H](C)O)NC(=O)[C@@H](CCN)NC(=O)[C@@H](CCCCN)NC(=O)[C@@H](CC(=O)O)NC(=O)[C@@H](CCN)NC(=O)[C@@H](NC(=O)CC(O)CCc2cccc(OCCCCCCCCC)c2)COC(=O)[C@@H]([C@H](O)CCl)NC(=O)[C@H]([C@H](O)C(=O)O)NC1=O. The summed E-state index contributed by atoms with van der Waals surface area (Å²) in [6.45, 7) is 3.07. The third kappa shape index (κ3) is 28.5. The molecule has 1 saturated heterocycles. The number of esters is 1. The van der Waals surface area contributed by atoms with Crippen LogP contribution in [0.25, 0.3) is 0 Å². The molecule has 506 valence electrons. The molecule has 21 N–H and O–H groups in total. The Bertz CT molecular complexity index is 2580. The number of nitrogens with one attached hydrogen (secondary N) is 9. The molecule has 1 aliphatic heterocycles. The van der Waals surface area contributed by atoms with Gasteiger partial charge in [-0.05, 0) is 103 Å². The summed E-state index contributed by atoms with van der Waals surface area (Å²) < 4.78 is 11.2.